The minimum absolute atomic E-state index is 0.246. The Labute approximate surface area is 91.8 Å². The first-order valence-electron chi connectivity index (χ1n) is 4.50. The Morgan fingerprint density at radius 2 is 2.00 bits per heavy atom. The van der Waals surface area contributed by atoms with Crippen molar-refractivity contribution in [3.05, 3.63) is 29.8 Å². The van der Waals surface area contributed by atoms with E-state index in [1.165, 1.54) is 12.1 Å². The van der Waals surface area contributed by atoms with E-state index in [9.17, 15) is 9.59 Å². The molecule has 1 amide bonds. The molecule has 1 rings (SSSR count). The van der Waals surface area contributed by atoms with Crippen LogP contribution in [0.1, 0.15) is 11.6 Å². The van der Waals surface area contributed by atoms with Crippen molar-refractivity contribution in [2.45, 2.75) is 6.04 Å². The Hall–Kier alpha value is -2.08. The van der Waals surface area contributed by atoms with Crippen LogP contribution in [-0.2, 0) is 9.59 Å². The van der Waals surface area contributed by atoms with Gasteiger partial charge in [-0.15, -0.1) is 0 Å². The maximum absolute atomic E-state index is 10.7. The van der Waals surface area contributed by atoms with Gasteiger partial charge in [-0.2, -0.15) is 0 Å². The molecule has 0 bridgehead atoms. The molecule has 0 unspecified atom stereocenters. The summed E-state index contributed by atoms with van der Waals surface area (Å²) in [5, 5.41) is 8.77. The predicted octanol–water partition coefficient (Wildman–Crippen LogP) is -0.365. The monoisotopic (exact) mass is 224 g/mol. The van der Waals surface area contributed by atoms with Crippen LogP contribution in [0.15, 0.2) is 24.3 Å². The lowest BCUT2D eigenvalue weighted by Crippen LogP contribution is -2.24. The zero-order valence-corrected chi connectivity index (χ0v) is 8.42. The number of rotatable bonds is 5. The number of hydrogen-bond donors (Lipinski definition) is 3. The lowest BCUT2D eigenvalue weighted by atomic mass is 10.1. The number of amides is 1. The second kappa shape index (κ2) is 5.13. The molecule has 0 radical (unpaired) electrons. The summed E-state index contributed by atoms with van der Waals surface area (Å²) in [4.78, 5) is 21.3. The second-order valence-electron chi connectivity index (χ2n) is 3.11. The Kier molecular flexibility index (Phi) is 3.84. The molecule has 0 aromatic heterocycles. The third kappa shape index (κ3) is 2.96. The first-order valence-corrected chi connectivity index (χ1v) is 4.50. The van der Waals surface area contributed by atoms with Gasteiger partial charge in [-0.25, -0.2) is 0 Å². The van der Waals surface area contributed by atoms with Crippen LogP contribution in [-0.4, -0.2) is 23.6 Å². The quantitative estimate of drug-likeness (QED) is 0.631. The number of ether oxygens (including phenoxy) is 1. The topological polar surface area (TPSA) is 116 Å². The molecule has 1 atom stereocenters. The first kappa shape index (κ1) is 12.0. The van der Waals surface area contributed by atoms with E-state index < -0.39 is 17.9 Å². The summed E-state index contributed by atoms with van der Waals surface area (Å²) < 4.78 is 5.05. The SMILES string of the molecule is NC(=O)COc1ccccc1[C@H](N)C(=O)O. The van der Waals surface area contributed by atoms with E-state index in [0.717, 1.165) is 0 Å². The van der Waals surface area contributed by atoms with Crippen molar-refractivity contribution in [2.24, 2.45) is 11.5 Å². The number of carbonyl (C=O) groups excluding carboxylic acids is 1. The van der Waals surface area contributed by atoms with E-state index in [2.05, 4.69) is 0 Å². The molecular weight excluding hydrogens is 212 g/mol. The van der Waals surface area contributed by atoms with Crippen LogP contribution in [0.4, 0.5) is 0 Å². The van der Waals surface area contributed by atoms with Gasteiger partial charge < -0.3 is 21.3 Å². The Bertz CT molecular complexity index is 406. The van der Waals surface area contributed by atoms with Gasteiger partial charge in [0.25, 0.3) is 5.91 Å². The summed E-state index contributed by atoms with van der Waals surface area (Å²) in [5.41, 5.74) is 10.7. The van der Waals surface area contributed by atoms with Crippen molar-refractivity contribution in [3.8, 4) is 5.75 Å². The molecule has 1 aromatic carbocycles. The zero-order chi connectivity index (χ0) is 12.1. The van der Waals surface area contributed by atoms with Crippen molar-refractivity contribution in [2.75, 3.05) is 6.61 Å². The van der Waals surface area contributed by atoms with E-state index in [-0.39, 0.29) is 12.4 Å². The van der Waals surface area contributed by atoms with Crippen LogP contribution in [0.25, 0.3) is 0 Å². The van der Waals surface area contributed by atoms with Gasteiger partial charge in [0.15, 0.2) is 6.61 Å². The number of nitrogens with two attached hydrogens (primary N) is 2. The van der Waals surface area contributed by atoms with Crippen LogP contribution in [0.5, 0.6) is 5.75 Å². The summed E-state index contributed by atoms with van der Waals surface area (Å²) >= 11 is 0. The summed E-state index contributed by atoms with van der Waals surface area (Å²) in [6.07, 6.45) is 0. The maximum Gasteiger partial charge on any atom is 0.325 e. The summed E-state index contributed by atoms with van der Waals surface area (Å²) in [7, 11) is 0. The highest BCUT2D eigenvalue weighted by molar-refractivity contribution is 5.77. The first-order chi connectivity index (χ1) is 7.52. The largest absolute Gasteiger partial charge is 0.483 e. The Morgan fingerprint density at radius 3 is 2.56 bits per heavy atom. The van der Waals surface area contributed by atoms with Crippen LogP contribution < -0.4 is 16.2 Å². The summed E-state index contributed by atoms with van der Waals surface area (Å²) in [6.45, 7) is -0.316. The Balaban J connectivity index is 2.91. The van der Waals surface area contributed by atoms with Crippen LogP contribution in [0.3, 0.4) is 0 Å². The standard InChI is InChI=1S/C10H12N2O4/c11-8(13)5-16-7-4-2-1-3-6(7)9(12)10(14)15/h1-4,9H,5,12H2,(H2,11,13)(H,14,15)/t9-/m0/s1. The molecule has 0 fully saturated rings. The molecule has 0 heterocycles. The fourth-order valence-corrected chi connectivity index (χ4v) is 1.15. The fourth-order valence-electron chi connectivity index (χ4n) is 1.15. The maximum atomic E-state index is 10.7. The smallest absolute Gasteiger partial charge is 0.325 e. The molecule has 0 spiro atoms. The van der Waals surface area contributed by atoms with Gasteiger partial charge in [-0.3, -0.25) is 9.59 Å². The average molecular weight is 224 g/mol. The van der Waals surface area contributed by atoms with Crippen molar-refractivity contribution in [3.63, 3.8) is 0 Å². The van der Waals surface area contributed by atoms with E-state index in [0.29, 0.717) is 5.56 Å². The zero-order valence-electron chi connectivity index (χ0n) is 8.42. The molecular formula is C10H12N2O4. The lowest BCUT2D eigenvalue weighted by Gasteiger charge is -2.12. The molecule has 16 heavy (non-hydrogen) atoms. The predicted molar refractivity (Wildman–Crippen MR) is 55.7 cm³/mol. The van der Waals surface area contributed by atoms with Gasteiger partial charge in [0.2, 0.25) is 0 Å². The van der Waals surface area contributed by atoms with Crippen LogP contribution in [0.2, 0.25) is 0 Å². The second-order valence-corrected chi connectivity index (χ2v) is 3.11. The minimum atomic E-state index is -1.19. The third-order valence-corrected chi connectivity index (χ3v) is 1.89. The number of para-hydroxylation sites is 1. The molecule has 5 N–H and O–H groups in total. The van der Waals surface area contributed by atoms with E-state index in [1.807, 2.05) is 0 Å². The van der Waals surface area contributed by atoms with Gasteiger partial charge in [0.05, 0.1) is 0 Å². The normalized spacial score (nSPS) is 11.8. The summed E-state index contributed by atoms with van der Waals surface area (Å²) in [6, 6.07) is 5.14. The number of carboxylic acids is 1. The van der Waals surface area contributed by atoms with E-state index in [4.69, 9.17) is 21.3 Å². The number of aliphatic carboxylic acids is 1. The van der Waals surface area contributed by atoms with Crippen LogP contribution in [0, 0.1) is 0 Å². The van der Waals surface area contributed by atoms with Crippen molar-refractivity contribution in [1.82, 2.24) is 0 Å². The minimum Gasteiger partial charge on any atom is -0.483 e. The molecule has 0 aliphatic rings. The number of benzene rings is 1. The van der Waals surface area contributed by atoms with E-state index >= 15 is 0 Å². The third-order valence-electron chi connectivity index (χ3n) is 1.89. The van der Waals surface area contributed by atoms with Crippen LogP contribution >= 0.6 is 0 Å². The number of primary amides is 1. The number of carboxylic acid groups (broad SMARTS) is 1. The molecule has 1 aromatic rings. The highest BCUT2D eigenvalue weighted by Crippen LogP contribution is 2.23. The van der Waals surface area contributed by atoms with Gasteiger partial charge >= 0.3 is 5.97 Å². The molecule has 6 nitrogen and oxygen atoms in total. The molecule has 86 valence electrons. The molecule has 0 saturated carbocycles. The molecule has 6 heteroatoms. The highest BCUT2D eigenvalue weighted by atomic mass is 16.5. The molecule has 0 aliphatic carbocycles. The van der Waals surface area contributed by atoms with Gasteiger partial charge in [0, 0.05) is 5.56 Å². The Morgan fingerprint density at radius 1 is 1.38 bits per heavy atom. The van der Waals surface area contributed by atoms with Crippen molar-refractivity contribution < 1.29 is 19.4 Å². The number of carbonyl (C=O) groups is 2. The fraction of sp³-hybridized carbons (Fsp3) is 0.200. The van der Waals surface area contributed by atoms with Gasteiger partial charge in [-0.05, 0) is 6.07 Å². The van der Waals surface area contributed by atoms with Gasteiger partial charge in [-0.1, -0.05) is 18.2 Å². The highest BCUT2D eigenvalue weighted by Gasteiger charge is 2.18. The average Bonchev–Trinajstić information content (AvgIpc) is 2.25. The van der Waals surface area contributed by atoms with Crippen molar-refractivity contribution >= 4 is 11.9 Å². The number of hydrogen-bond acceptors (Lipinski definition) is 4. The summed E-state index contributed by atoms with van der Waals surface area (Å²) in [5.74, 6) is -1.56. The lowest BCUT2D eigenvalue weighted by molar-refractivity contribution is -0.138. The van der Waals surface area contributed by atoms with Gasteiger partial charge in [0.1, 0.15) is 11.8 Å². The van der Waals surface area contributed by atoms with E-state index in [1.54, 1.807) is 12.1 Å². The molecule has 0 saturated heterocycles. The molecule has 0 aliphatic heterocycles. The van der Waals surface area contributed by atoms with Crippen molar-refractivity contribution in [1.29, 1.82) is 0 Å².